The minimum absolute atomic E-state index is 0.00248. The molecule has 1 aliphatic rings. The molecule has 1 heterocycles. The number of nitrogens with zero attached hydrogens (tertiary/aromatic N) is 1. The fourth-order valence-electron chi connectivity index (χ4n) is 4.22. The fraction of sp³-hybridized carbons (Fsp3) is 0.296. The van der Waals surface area contributed by atoms with E-state index < -0.39 is 21.6 Å². The lowest BCUT2D eigenvalue weighted by Gasteiger charge is -2.32. The van der Waals surface area contributed by atoms with Gasteiger partial charge in [-0.25, -0.2) is 13.2 Å². The van der Waals surface area contributed by atoms with E-state index >= 15 is 0 Å². The maximum absolute atomic E-state index is 13.5. The van der Waals surface area contributed by atoms with E-state index in [1.807, 2.05) is 54.6 Å². The van der Waals surface area contributed by atoms with Gasteiger partial charge in [0.25, 0.3) is 0 Å². The number of aliphatic carboxylic acids is 1. The van der Waals surface area contributed by atoms with E-state index in [2.05, 4.69) is 0 Å². The van der Waals surface area contributed by atoms with Gasteiger partial charge in [-0.3, -0.25) is 0 Å². The molecule has 0 aromatic heterocycles. The topological polar surface area (TPSA) is 83.9 Å². The molecular weight excluding hydrogens is 450 g/mol. The number of ether oxygens (including phenoxy) is 1. The van der Waals surface area contributed by atoms with Crippen molar-refractivity contribution in [1.29, 1.82) is 0 Å². The largest absolute Gasteiger partial charge is 0.478 e. The number of hydrogen-bond acceptors (Lipinski definition) is 4. The summed E-state index contributed by atoms with van der Waals surface area (Å²) >= 11 is 0. The highest BCUT2D eigenvalue weighted by molar-refractivity contribution is 7.89. The summed E-state index contributed by atoms with van der Waals surface area (Å²) in [5, 5.41) is 9.35. The summed E-state index contributed by atoms with van der Waals surface area (Å²) in [5.41, 5.74) is 1.42. The minimum atomic E-state index is -3.66. The Morgan fingerprint density at radius 3 is 2.41 bits per heavy atom. The quantitative estimate of drug-likeness (QED) is 0.506. The van der Waals surface area contributed by atoms with Gasteiger partial charge in [-0.05, 0) is 73.6 Å². The van der Waals surface area contributed by atoms with Crippen LogP contribution in [0.15, 0.2) is 83.8 Å². The number of carboxylic acid groups (broad SMARTS) is 1. The zero-order valence-electron chi connectivity index (χ0n) is 19.3. The summed E-state index contributed by atoms with van der Waals surface area (Å²) in [6, 6.07) is 24.1. The average Bonchev–Trinajstić information content (AvgIpc) is 2.84. The van der Waals surface area contributed by atoms with Crippen molar-refractivity contribution >= 4 is 16.0 Å². The zero-order valence-corrected chi connectivity index (χ0v) is 20.2. The number of rotatable bonds is 7. The second-order valence-electron chi connectivity index (χ2n) is 9.09. The van der Waals surface area contributed by atoms with Crippen LogP contribution >= 0.6 is 0 Å². The lowest BCUT2D eigenvalue weighted by Crippen LogP contribution is -2.39. The number of hydrogen-bond donors (Lipinski definition) is 1. The lowest BCUT2D eigenvalue weighted by molar-refractivity contribution is -0.152. The van der Waals surface area contributed by atoms with Crippen LogP contribution in [0.1, 0.15) is 38.2 Å². The van der Waals surface area contributed by atoms with Crippen LogP contribution in [0.5, 0.6) is 5.75 Å². The third-order valence-electron chi connectivity index (χ3n) is 6.18. The molecule has 6 nitrogen and oxygen atoms in total. The Kier molecular flexibility index (Phi) is 6.77. The van der Waals surface area contributed by atoms with Crippen molar-refractivity contribution in [2.24, 2.45) is 0 Å². The van der Waals surface area contributed by atoms with Crippen LogP contribution in [-0.2, 0) is 14.8 Å². The summed E-state index contributed by atoms with van der Waals surface area (Å²) in [7, 11) is -3.66. The Hall–Kier alpha value is -3.16. The van der Waals surface area contributed by atoms with Crippen molar-refractivity contribution in [3.8, 4) is 16.9 Å². The van der Waals surface area contributed by atoms with E-state index in [1.54, 1.807) is 28.6 Å². The van der Waals surface area contributed by atoms with Crippen molar-refractivity contribution in [2.45, 2.75) is 43.1 Å². The monoisotopic (exact) mass is 479 g/mol. The van der Waals surface area contributed by atoms with Crippen molar-refractivity contribution in [3.63, 3.8) is 0 Å². The van der Waals surface area contributed by atoms with Gasteiger partial charge >= 0.3 is 5.97 Å². The maximum atomic E-state index is 13.5. The van der Waals surface area contributed by atoms with Crippen molar-refractivity contribution in [1.82, 2.24) is 4.31 Å². The molecule has 3 aromatic carbocycles. The highest BCUT2D eigenvalue weighted by Gasteiger charge is 2.32. The number of carbonyl (C=O) groups is 1. The van der Waals surface area contributed by atoms with E-state index in [1.165, 1.54) is 13.8 Å². The van der Waals surface area contributed by atoms with E-state index in [4.69, 9.17) is 4.74 Å². The third kappa shape index (κ3) is 5.16. The summed E-state index contributed by atoms with van der Waals surface area (Å²) in [5.74, 6) is -0.594. The molecule has 1 saturated heterocycles. The molecule has 0 spiro atoms. The first-order valence-corrected chi connectivity index (χ1v) is 12.8. The van der Waals surface area contributed by atoms with Crippen molar-refractivity contribution in [2.75, 3.05) is 13.1 Å². The third-order valence-corrected chi connectivity index (χ3v) is 8.04. The average molecular weight is 480 g/mol. The molecule has 1 aliphatic heterocycles. The van der Waals surface area contributed by atoms with Crippen LogP contribution in [0.2, 0.25) is 0 Å². The van der Waals surface area contributed by atoms with Gasteiger partial charge in [0, 0.05) is 13.1 Å². The van der Waals surface area contributed by atoms with E-state index in [9.17, 15) is 18.3 Å². The standard InChI is InChI=1S/C27H29NO5S/c1-27(2,26(29)30)33-24-14-6-11-21(17-24)23-13-8-16-28(19-23)34(31,32)25-15-7-12-22(18-25)20-9-4-3-5-10-20/h3-7,9-12,14-15,17-18,23H,8,13,16,19H2,1-2H3,(H,29,30). The second kappa shape index (κ2) is 9.60. The molecule has 0 aliphatic carbocycles. The molecular formula is C27H29NO5S. The molecule has 4 rings (SSSR count). The predicted molar refractivity (Wildman–Crippen MR) is 131 cm³/mol. The SMILES string of the molecule is CC(C)(Oc1cccc(C2CCCN(S(=O)(=O)c3cccc(-c4ccccc4)c3)C2)c1)C(=O)O. The maximum Gasteiger partial charge on any atom is 0.347 e. The van der Waals surface area contributed by atoms with Crippen LogP contribution in [-0.4, -0.2) is 42.5 Å². The van der Waals surface area contributed by atoms with Crippen LogP contribution in [0.25, 0.3) is 11.1 Å². The molecule has 178 valence electrons. The molecule has 1 N–H and O–H groups in total. The van der Waals surface area contributed by atoms with Gasteiger partial charge in [-0.15, -0.1) is 0 Å². The number of benzene rings is 3. The summed E-state index contributed by atoms with van der Waals surface area (Å²) in [4.78, 5) is 11.7. The Bertz CT molecular complexity index is 1270. The molecule has 1 unspecified atom stereocenters. The van der Waals surface area contributed by atoms with Crippen LogP contribution in [0.4, 0.5) is 0 Å². The van der Waals surface area contributed by atoms with Crippen LogP contribution < -0.4 is 4.74 Å². The molecule has 34 heavy (non-hydrogen) atoms. The summed E-state index contributed by atoms with van der Waals surface area (Å²) in [6.07, 6.45) is 1.59. The molecule has 1 atom stereocenters. The van der Waals surface area contributed by atoms with Crippen LogP contribution in [0, 0.1) is 0 Å². The van der Waals surface area contributed by atoms with Gasteiger partial charge in [0.1, 0.15) is 5.75 Å². The summed E-state index contributed by atoms with van der Waals surface area (Å²) in [6.45, 7) is 3.83. The van der Waals surface area contributed by atoms with E-state index in [-0.39, 0.29) is 10.8 Å². The van der Waals surface area contributed by atoms with E-state index in [0.29, 0.717) is 18.8 Å². The fourth-order valence-corrected chi connectivity index (χ4v) is 5.79. The lowest BCUT2D eigenvalue weighted by atomic mass is 9.91. The normalized spacial score (nSPS) is 17.3. The molecule has 0 saturated carbocycles. The Balaban J connectivity index is 1.55. The van der Waals surface area contributed by atoms with Gasteiger partial charge in [0.05, 0.1) is 4.90 Å². The molecule has 1 fully saturated rings. The predicted octanol–water partition coefficient (Wildman–Crippen LogP) is 5.16. The first-order chi connectivity index (χ1) is 16.2. The molecule has 0 amide bonds. The molecule has 0 radical (unpaired) electrons. The van der Waals surface area contributed by atoms with Gasteiger partial charge in [0.2, 0.25) is 10.0 Å². The van der Waals surface area contributed by atoms with Gasteiger partial charge in [0.15, 0.2) is 5.60 Å². The van der Waals surface area contributed by atoms with E-state index in [0.717, 1.165) is 29.5 Å². The number of carboxylic acids is 1. The van der Waals surface area contributed by atoms with Gasteiger partial charge in [-0.2, -0.15) is 4.31 Å². The number of piperidine rings is 1. The molecule has 7 heteroatoms. The first-order valence-electron chi connectivity index (χ1n) is 11.3. The second-order valence-corrected chi connectivity index (χ2v) is 11.0. The smallest absolute Gasteiger partial charge is 0.347 e. The molecule has 0 bridgehead atoms. The minimum Gasteiger partial charge on any atom is -0.478 e. The van der Waals surface area contributed by atoms with Gasteiger partial charge < -0.3 is 9.84 Å². The first kappa shape index (κ1) is 24.0. The highest BCUT2D eigenvalue weighted by atomic mass is 32.2. The Labute approximate surface area is 200 Å². The summed E-state index contributed by atoms with van der Waals surface area (Å²) < 4.78 is 34.3. The number of sulfonamides is 1. The van der Waals surface area contributed by atoms with Crippen molar-refractivity contribution < 1.29 is 23.1 Å². The highest BCUT2D eigenvalue weighted by Crippen LogP contribution is 2.33. The Morgan fingerprint density at radius 2 is 1.68 bits per heavy atom. The van der Waals surface area contributed by atoms with Gasteiger partial charge in [-0.1, -0.05) is 54.6 Å². The Morgan fingerprint density at radius 1 is 0.971 bits per heavy atom. The zero-order chi connectivity index (χ0) is 24.3. The van der Waals surface area contributed by atoms with Crippen molar-refractivity contribution in [3.05, 3.63) is 84.4 Å². The van der Waals surface area contributed by atoms with Crippen LogP contribution in [0.3, 0.4) is 0 Å². The molecule has 3 aromatic rings.